The summed E-state index contributed by atoms with van der Waals surface area (Å²) in [6, 6.07) is 2.58. The first-order chi connectivity index (χ1) is 23.6. The van der Waals surface area contributed by atoms with E-state index >= 15 is 0 Å². The molecule has 15 heteroatoms. The molecule has 288 valence electrons. The second kappa shape index (κ2) is 31.2. The molecule has 0 aromatic carbocycles. The number of carbonyl (C=O) groups is 2. The lowest BCUT2D eigenvalue weighted by atomic mass is 9.96. The Kier molecular flexibility index (Phi) is 30.2. The van der Waals surface area contributed by atoms with E-state index in [2.05, 4.69) is 35.9 Å². The number of nitrogens with one attached hydrogen (secondary N) is 2. The van der Waals surface area contributed by atoms with Crippen LogP contribution in [0.2, 0.25) is 31.2 Å². The minimum Gasteiger partial charge on any atom is -0.445 e. The van der Waals surface area contributed by atoms with Crippen LogP contribution in [0.3, 0.4) is 0 Å². The van der Waals surface area contributed by atoms with Crippen molar-refractivity contribution in [2.24, 2.45) is 5.92 Å². The van der Waals surface area contributed by atoms with Gasteiger partial charge in [-0.25, -0.2) is 9.59 Å². The summed E-state index contributed by atoms with van der Waals surface area (Å²) in [5.41, 5.74) is 0. The van der Waals surface area contributed by atoms with Gasteiger partial charge in [0.25, 0.3) is 0 Å². The van der Waals surface area contributed by atoms with Gasteiger partial charge >= 0.3 is 29.8 Å². The third kappa shape index (κ3) is 25.1. The highest BCUT2D eigenvalue weighted by atomic mass is 28.4. The van der Waals surface area contributed by atoms with Crippen molar-refractivity contribution in [1.29, 1.82) is 0 Å². The maximum absolute atomic E-state index is 12.2. The van der Waals surface area contributed by atoms with Crippen LogP contribution in [0.1, 0.15) is 80.1 Å². The van der Waals surface area contributed by atoms with Gasteiger partial charge in [0, 0.05) is 73.6 Å². The lowest BCUT2D eigenvalue weighted by Crippen LogP contribution is -2.46. The summed E-state index contributed by atoms with van der Waals surface area (Å²) in [4.78, 5) is 24.3. The van der Waals surface area contributed by atoms with E-state index in [1.165, 1.54) is 12.5 Å². The number of hydrogen-bond acceptors (Lipinski definition) is 10. The van der Waals surface area contributed by atoms with E-state index < -0.39 is 38.6 Å². The largest absolute Gasteiger partial charge is 0.500 e. The summed E-state index contributed by atoms with van der Waals surface area (Å²) >= 11 is 0. The Morgan fingerprint density at radius 3 is 1.41 bits per heavy atom. The van der Waals surface area contributed by atoms with Crippen molar-refractivity contribution >= 4 is 38.6 Å². The molecule has 0 aliphatic heterocycles. The van der Waals surface area contributed by atoms with Crippen LogP contribution in [0, 0.1) is 5.92 Å². The van der Waals surface area contributed by atoms with Gasteiger partial charge in [-0.1, -0.05) is 49.9 Å². The standard InChI is InChI=1S/C34H70N2O10Si3/c1-9-41-48(42-10-2,43-11-3)30-20-25-35-33(37)39-27-18-15-16-22-32(24-29-47(7)8)23-17-19-28-40-34(38)36-26-21-31-49(44-12-4,45-13-5)46-14-6/h15,17-19,32,47H,9-14,16,20-31H2,1-8H3,(H,35,37)(H,36,38)/b18-15+,19-17+. The van der Waals surface area contributed by atoms with Gasteiger partial charge in [0.2, 0.25) is 0 Å². The molecule has 0 saturated carbocycles. The van der Waals surface area contributed by atoms with Crippen LogP contribution in [0.15, 0.2) is 24.3 Å². The summed E-state index contributed by atoms with van der Waals surface area (Å²) in [5.74, 6) is 0.556. The average Bonchev–Trinajstić information content (AvgIpc) is 3.05. The predicted octanol–water partition coefficient (Wildman–Crippen LogP) is 7.09. The van der Waals surface area contributed by atoms with Gasteiger partial charge in [-0.15, -0.1) is 0 Å². The minimum atomic E-state index is -2.70. The Labute approximate surface area is 301 Å². The lowest BCUT2D eigenvalue weighted by molar-refractivity contribution is 0.0700. The molecule has 0 heterocycles. The number of ether oxygens (including phenoxy) is 2. The Morgan fingerprint density at radius 1 is 0.612 bits per heavy atom. The Bertz CT molecular complexity index is 849. The third-order valence-corrected chi connectivity index (χ3v) is 15.2. The van der Waals surface area contributed by atoms with Crippen LogP contribution in [-0.4, -0.2) is 105 Å². The average molecular weight is 751 g/mol. The monoisotopic (exact) mass is 750 g/mol. The molecule has 0 bridgehead atoms. The van der Waals surface area contributed by atoms with E-state index in [1.807, 2.05) is 53.7 Å². The van der Waals surface area contributed by atoms with Crippen LogP contribution in [0.25, 0.3) is 0 Å². The molecule has 12 nitrogen and oxygen atoms in total. The van der Waals surface area contributed by atoms with Gasteiger partial charge in [0.1, 0.15) is 13.2 Å². The molecule has 0 aliphatic rings. The number of alkyl carbamates (subject to hydrolysis) is 2. The van der Waals surface area contributed by atoms with E-state index in [9.17, 15) is 9.59 Å². The first-order valence-corrected chi connectivity index (χ1v) is 25.6. The molecule has 0 radical (unpaired) electrons. The van der Waals surface area contributed by atoms with Crippen molar-refractivity contribution in [3.63, 3.8) is 0 Å². The summed E-state index contributed by atoms with van der Waals surface area (Å²) in [6.45, 7) is 21.0. The molecule has 1 atom stereocenters. The molecule has 1 unspecified atom stereocenters. The summed E-state index contributed by atoms with van der Waals surface area (Å²) in [7, 11) is -6.05. The summed E-state index contributed by atoms with van der Waals surface area (Å²) in [5, 5.41) is 5.60. The van der Waals surface area contributed by atoms with E-state index in [-0.39, 0.29) is 13.2 Å². The second-order valence-electron chi connectivity index (χ2n) is 11.8. The molecule has 0 aromatic heterocycles. The number of carbonyl (C=O) groups excluding carboxylic acids is 2. The van der Waals surface area contributed by atoms with Gasteiger partial charge in [-0.3, -0.25) is 0 Å². The smallest absolute Gasteiger partial charge is 0.445 e. The number of allylic oxidation sites excluding steroid dienone is 2. The van der Waals surface area contributed by atoms with Crippen molar-refractivity contribution in [1.82, 2.24) is 10.6 Å². The summed E-state index contributed by atoms with van der Waals surface area (Å²) in [6.07, 6.45) is 12.6. The van der Waals surface area contributed by atoms with Crippen LogP contribution in [0.4, 0.5) is 9.59 Å². The van der Waals surface area contributed by atoms with Crippen LogP contribution >= 0.6 is 0 Å². The van der Waals surface area contributed by atoms with E-state index in [4.69, 9.17) is 36.0 Å². The molecular formula is C34H70N2O10Si3. The fourth-order valence-corrected chi connectivity index (χ4v) is 11.5. The summed E-state index contributed by atoms with van der Waals surface area (Å²) < 4.78 is 45.8. The van der Waals surface area contributed by atoms with Gasteiger partial charge in [-0.2, -0.15) is 0 Å². The molecule has 2 amide bonds. The van der Waals surface area contributed by atoms with E-state index in [0.717, 1.165) is 19.3 Å². The normalized spacial score (nSPS) is 13.0. The molecule has 0 fully saturated rings. The van der Waals surface area contributed by atoms with E-state index in [0.29, 0.717) is 83.6 Å². The highest BCUT2D eigenvalue weighted by molar-refractivity contribution is 6.61. The zero-order valence-electron chi connectivity index (χ0n) is 32.0. The van der Waals surface area contributed by atoms with Gasteiger partial charge < -0.3 is 46.7 Å². The van der Waals surface area contributed by atoms with Crippen LogP contribution in [-0.2, 0) is 36.0 Å². The Morgan fingerprint density at radius 2 is 1.02 bits per heavy atom. The second-order valence-corrected chi connectivity index (χ2v) is 20.6. The predicted molar refractivity (Wildman–Crippen MR) is 203 cm³/mol. The molecular weight excluding hydrogens is 681 g/mol. The van der Waals surface area contributed by atoms with Crippen LogP contribution in [0.5, 0.6) is 0 Å². The molecule has 2 N–H and O–H groups in total. The van der Waals surface area contributed by atoms with Crippen molar-refractivity contribution in [2.45, 2.75) is 111 Å². The molecule has 0 saturated heterocycles. The maximum atomic E-state index is 12.2. The fraction of sp³-hybridized carbons (Fsp3) is 0.824. The molecule has 49 heavy (non-hydrogen) atoms. The van der Waals surface area contributed by atoms with E-state index in [1.54, 1.807) is 0 Å². The Hall–Kier alpha value is -1.57. The van der Waals surface area contributed by atoms with Crippen molar-refractivity contribution in [3.05, 3.63) is 24.3 Å². The Balaban J connectivity index is 4.42. The number of rotatable bonds is 32. The molecule has 0 spiro atoms. The first kappa shape index (κ1) is 47.4. The highest BCUT2D eigenvalue weighted by Crippen LogP contribution is 2.21. The van der Waals surface area contributed by atoms with Gasteiger partial charge in [-0.05, 0) is 79.6 Å². The first-order valence-electron chi connectivity index (χ1n) is 18.6. The quantitative estimate of drug-likeness (QED) is 0.0417. The number of amides is 2. The SMILES string of the molecule is CCO[Si](CCCNC(=O)OC/C=C/CCC(C/C=C/COC(=O)NCCC[Si](OCC)(OCC)OCC)CC[SiH](C)C)(OCC)OCC. The minimum absolute atomic E-state index is 0.235. The zero-order valence-corrected chi connectivity index (χ0v) is 35.1. The maximum Gasteiger partial charge on any atom is 0.500 e. The van der Waals surface area contributed by atoms with Crippen molar-refractivity contribution < 1.29 is 45.6 Å². The number of hydrogen-bond donors (Lipinski definition) is 2. The highest BCUT2D eigenvalue weighted by Gasteiger charge is 2.40. The lowest BCUT2D eigenvalue weighted by Gasteiger charge is -2.28. The van der Waals surface area contributed by atoms with Crippen LogP contribution < -0.4 is 10.6 Å². The van der Waals surface area contributed by atoms with Gasteiger partial charge in [0.15, 0.2) is 0 Å². The van der Waals surface area contributed by atoms with Crippen molar-refractivity contribution in [2.75, 3.05) is 65.9 Å². The molecule has 0 rings (SSSR count). The third-order valence-electron chi connectivity index (χ3n) is 7.36. The topological polar surface area (TPSA) is 132 Å². The van der Waals surface area contributed by atoms with Gasteiger partial charge in [0.05, 0.1) is 0 Å². The molecule has 0 aliphatic carbocycles. The van der Waals surface area contributed by atoms with Crippen molar-refractivity contribution in [3.8, 4) is 0 Å². The fourth-order valence-electron chi connectivity index (χ4n) is 5.17. The molecule has 0 aromatic rings. The zero-order chi connectivity index (χ0) is 36.6.